The number of halogens is 1. The number of nitrogens with one attached hydrogen (secondary N) is 2. The molecule has 3 amide bonds. The van der Waals surface area contributed by atoms with Gasteiger partial charge in [-0.1, -0.05) is 79.6 Å². The number of benzene rings is 2. The second-order valence-electron chi connectivity index (χ2n) is 9.77. The number of carbonyl (C=O) groups excluding carboxylic acids is 3. The van der Waals surface area contributed by atoms with Crippen molar-refractivity contribution in [2.45, 2.75) is 38.3 Å². The Morgan fingerprint density at radius 2 is 1.76 bits per heavy atom. The second-order valence-corrected chi connectivity index (χ2v) is 10.2. The number of likely N-dealkylation sites (tertiary alicyclic amines) is 1. The Bertz CT molecular complexity index is 1150. The fourth-order valence-corrected chi connectivity index (χ4v) is 6.06. The zero-order chi connectivity index (χ0) is 26.5. The molecule has 0 saturated carbocycles. The van der Waals surface area contributed by atoms with Crippen LogP contribution in [0.3, 0.4) is 0 Å². The Kier molecular flexibility index (Phi) is 8.67. The molecule has 1 aliphatic carbocycles. The van der Waals surface area contributed by atoms with E-state index in [1.165, 1.54) is 4.90 Å². The lowest BCUT2D eigenvalue weighted by molar-refractivity contribution is -0.142. The molecule has 6 atom stereocenters. The van der Waals surface area contributed by atoms with Crippen LogP contribution in [0, 0.1) is 23.7 Å². The molecule has 1 fully saturated rings. The monoisotopic (exact) mass is 523 g/mol. The molecule has 1 saturated heterocycles. The van der Waals surface area contributed by atoms with Crippen molar-refractivity contribution in [3.8, 4) is 0 Å². The summed E-state index contributed by atoms with van der Waals surface area (Å²) in [5, 5.41) is 16.5. The summed E-state index contributed by atoms with van der Waals surface area (Å²) in [7, 11) is 1.57. The van der Waals surface area contributed by atoms with Gasteiger partial charge in [0.1, 0.15) is 6.04 Å². The van der Waals surface area contributed by atoms with Crippen LogP contribution >= 0.6 is 11.6 Å². The molecule has 7 nitrogen and oxygen atoms in total. The average molecular weight is 524 g/mol. The maximum Gasteiger partial charge on any atom is 0.247 e. The van der Waals surface area contributed by atoms with Crippen LogP contribution in [0.25, 0.3) is 0 Å². The normalized spacial score (nSPS) is 25.5. The van der Waals surface area contributed by atoms with Crippen molar-refractivity contribution in [3.63, 3.8) is 0 Å². The zero-order valence-electron chi connectivity index (χ0n) is 21.1. The Balaban J connectivity index is 1.76. The maximum absolute atomic E-state index is 14.1. The third-order valence-electron chi connectivity index (χ3n) is 7.54. The van der Waals surface area contributed by atoms with E-state index in [1.54, 1.807) is 31.3 Å². The summed E-state index contributed by atoms with van der Waals surface area (Å²) in [5.74, 6) is -2.80. The van der Waals surface area contributed by atoms with Crippen molar-refractivity contribution < 1.29 is 19.5 Å². The molecule has 3 N–H and O–H groups in total. The van der Waals surface area contributed by atoms with Gasteiger partial charge in [0.2, 0.25) is 17.7 Å². The summed E-state index contributed by atoms with van der Waals surface area (Å²) in [6.45, 7) is 1.73. The molecule has 196 valence electrons. The van der Waals surface area contributed by atoms with Gasteiger partial charge in [-0.05, 0) is 36.5 Å². The van der Waals surface area contributed by atoms with E-state index >= 15 is 0 Å². The number of nitrogens with zero attached hydrogens (tertiary/aromatic N) is 1. The van der Waals surface area contributed by atoms with Gasteiger partial charge in [-0.2, -0.15) is 0 Å². The number of hydrogen-bond acceptors (Lipinski definition) is 4. The minimum atomic E-state index is -0.902. The van der Waals surface area contributed by atoms with Crippen LogP contribution in [0.5, 0.6) is 0 Å². The Morgan fingerprint density at radius 3 is 2.41 bits per heavy atom. The summed E-state index contributed by atoms with van der Waals surface area (Å²) in [6, 6.07) is 14.9. The highest BCUT2D eigenvalue weighted by molar-refractivity contribution is 6.33. The van der Waals surface area contributed by atoms with Crippen molar-refractivity contribution in [1.29, 1.82) is 0 Å². The number of aliphatic hydroxyl groups excluding tert-OH is 1. The van der Waals surface area contributed by atoms with E-state index in [0.29, 0.717) is 17.1 Å². The first kappa shape index (κ1) is 26.9. The van der Waals surface area contributed by atoms with Crippen molar-refractivity contribution in [2.75, 3.05) is 19.0 Å². The maximum atomic E-state index is 14.1. The van der Waals surface area contributed by atoms with Gasteiger partial charge in [-0.25, -0.2) is 0 Å². The predicted octanol–water partition coefficient (Wildman–Crippen LogP) is 3.67. The first-order valence-electron chi connectivity index (χ1n) is 12.8. The van der Waals surface area contributed by atoms with Crippen LogP contribution in [0.15, 0.2) is 66.7 Å². The Hall–Kier alpha value is -3.16. The molecule has 2 aromatic carbocycles. The number of carbonyl (C=O) groups is 3. The van der Waals surface area contributed by atoms with E-state index in [1.807, 2.05) is 49.4 Å². The summed E-state index contributed by atoms with van der Waals surface area (Å²) in [4.78, 5) is 42.6. The molecule has 8 heteroatoms. The lowest BCUT2D eigenvalue weighted by Gasteiger charge is -2.34. The zero-order valence-corrected chi connectivity index (χ0v) is 21.9. The van der Waals surface area contributed by atoms with Crippen LogP contribution in [-0.4, -0.2) is 53.5 Å². The fraction of sp³-hybridized carbons (Fsp3) is 0.414. The summed E-state index contributed by atoms with van der Waals surface area (Å²) < 4.78 is 0. The van der Waals surface area contributed by atoms with Crippen molar-refractivity contribution >= 4 is 35.0 Å². The molecule has 0 radical (unpaired) electrons. The van der Waals surface area contributed by atoms with Gasteiger partial charge >= 0.3 is 0 Å². The number of aliphatic hydroxyl groups is 1. The number of amides is 3. The third kappa shape index (κ3) is 5.43. The molecule has 0 spiro atoms. The molecule has 4 rings (SSSR count). The smallest absolute Gasteiger partial charge is 0.247 e. The SMILES string of the molecule is CCC[C@@H]1C=C[C@H]2[C@H](C(=O)N([C@@H](CO)Cc3ccccc3)[C@@H]2C(=O)Nc2ccccc2Cl)[C@@H]1C(=O)NC. The van der Waals surface area contributed by atoms with Gasteiger partial charge in [-0.15, -0.1) is 0 Å². The van der Waals surface area contributed by atoms with E-state index in [9.17, 15) is 19.5 Å². The highest BCUT2D eigenvalue weighted by Crippen LogP contribution is 2.46. The fourth-order valence-electron chi connectivity index (χ4n) is 5.88. The van der Waals surface area contributed by atoms with E-state index in [0.717, 1.165) is 18.4 Å². The minimum absolute atomic E-state index is 0.107. The first-order valence-corrected chi connectivity index (χ1v) is 13.2. The van der Waals surface area contributed by atoms with Crippen molar-refractivity contribution in [3.05, 3.63) is 77.3 Å². The van der Waals surface area contributed by atoms with Crippen LogP contribution in [0.1, 0.15) is 25.3 Å². The van der Waals surface area contributed by atoms with E-state index in [-0.39, 0.29) is 24.3 Å². The number of allylic oxidation sites excluding steroid dienone is 1. The van der Waals surface area contributed by atoms with Crippen LogP contribution in [0.2, 0.25) is 5.02 Å². The van der Waals surface area contributed by atoms with E-state index in [2.05, 4.69) is 10.6 Å². The number of fused-ring (bicyclic) bond motifs is 1. The number of anilines is 1. The molecule has 2 aromatic rings. The van der Waals surface area contributed by atoms with Crippen molar-refractivity contribution in [1.82, 2.24) is 10.2 Å². The second kappa shape index (κ2) is 11.9. The number of hydrogen-bond donors (Lipinski definition) is 3. The van der Waals surface area contributed by atoms with Crippen LogP contribution < -0.4 is 10.6 Å². The average Bonchev–Trinajstić information content (AvgIpc) is 3.21. The summed E-state index contributed by atoms with van der Waals surface area (Å²) in [5.41, 5.74) is 1.39. The molecule has 1 aliphatic heterocycles. The highest BCUT2D eigenvalue weighted by atomic mass is 35.5. The third-order valence-corrected chi connectivity index (χ3v) is 7.87. The van der Waals surface area contributed by atoms with Gasteiger partial charge in [0, 0.05) is 13.0 Å². The van der Waals surface area contributed by atoms with E-state index < -0.39 is 35.7 Å². The molecule has 0 bridgehead atoms. The molecule has 1 heterocycles. The van der Waals surface area contributed by atoms with Crippen LogP contribution in [0.4, 0.5) is 5.69 Å². The van der Waals surface area contributed by atoms with Gasteiger partial charge in [-0.3, -0.25) is 14.4 Å². The largest absolute Gasteiger partial charge is 0.394 e. The predicted molar refractivity (Wildman–Crippen MR) is 144 cm³/mol. The molecule has 0 unspecified atom stereocenters. The molecule has 37 heavy (non-hydrogen) atoms. The highest BCUT2D eigenvalue weighted by Gasteiger charge is 2.58. The Labute approximate surface area is 222 Å². The molecular formula is C29H34ClN3O4. The Morgan fingerprint density at radius 1 is 1.05 bits per heavy atom. The van der Waals surface area contributed by atoms with Gasteiger partial charge < -0.3 is 20.6 Å². The lowest BCUT2D eigenvalue weighted by atomic mass is 9.68. The summed E-state index contributed by atoms with van der Waals surface area (Å²) in [6.07, 6.45) is 5.92. The standard InChI is InChI=1S/C29H34ClN3O4/c1-3-9-19-14-15-21-25(24(19)27(35)31-2)29(37)33(20(17-34)16-18-10-5-4-6-11-18)26(21)28(36)32-23-13-8-7-12-22(23)30/h4-8,10-15,19-21,24-26,34H,3,9,16-17H2,1-2H3,(H,31,35)(H,32,36)/t19-,20-,21+,24-,25+,26+/m1/s1. The summed E-state index contributed by atoms with van der Waals surface area (Å²) >= 11 is 6.31. The van der Waals surface area contributed by atoms with Gasteiger partial charge in [0.15, 0.2) is 0 Å². The number of rotatable bonds is 9. The first-order chi connectivity index (χ1) is 17.9. The van der Waals surface area contributed by atoms with Gasteiger partial charge in [0.05, 0.1) is 35.2 Å². The molecular weight excluding hydrogens is 490 g/mol. The lowest BCUT2D eigenvalue weighted by Crippen LogP contribution is -2.51. The topological polar surface area (TPSA) is 98.7 Å². The molecule has 2 aliphatic rings. The van der Waals surface area contributed by atoms with Crippen molar-refractivity contribution in [2.24, 2.45) is 23.7 Å². The van der Waals surface area contributed by atoms with Crippen LogP contribution in [-0.2, 0) is 20.8 Å². The molecule has 0 aromatic heterocycles. The van der Waals surface area contributed by atoms with E-state index in [4.69, 9.17) is 11.6 Å². The number of para-hydroxylation sites is 1. The quantitative estimate of drug-likeness (QED) is 0.437. The van der Waals surface area contributed by atoms with Gasteiger partial charge in [0.25, 0.3) is 0 Å². The minimum Gasteiger partial charge on any atom is -0.394 e.